The van der Waals surface area contributed by atoms with Crippen LogP contribution in [0.5, 0.6) is 5.88 Å². The zero-order valence-electron chi connectivity index (χ0n) is 12.8. The van der Waals surface area contributed by atoms with E-state index in [4.69, 9.17) is 11.6 Å². The molecule has 24 heavy (non-hydrogen) atoms. The number of nitrogens with one attached hydrogen (secondary N) is 3. The van der Waals surface area contributed by atoms with Crippen LogP contribution in [-0.4, -0.2) is 15.5 Å². The highest BCUT2D eigenvalue weighted by Crippen LogP contribution is 2.37. The fraction of sp³-hybridized carbons (Fsp3) is 0.357. The minimum absolute atomic E-state index is 0.0723. The summed E-state index contributed by atoms with van der Waals surface area (Å²) in [5.74, 6) is -0.149. The lowest BCUT2D eigenvalue weighted by molar-refractivity contribution is -0.137. The Morgan fingerprint density at radius 1 is 1.33 bits per heavy atom. The molecule has 1 heterocycles. The summed E-state index contributed by atoms with van der Waals surface area (Å²) in [5.41, 5.74) is 5.87. The van der Waals surface area contributed by atoms with Crippen molar-refractivity contribution >= 4 is 33.8 Å². The standard InChI is InChI=1S/C14H16ClF3N4OS/c1-7(2)21-19-6-9-12(23)22-24-13(9)20-11-4-3-8(5-10(11)15)14(16,17)18/h3-5,7,19-21H,6H2,1-2H3,(H,22,23). The molecule has 2 rings (SSSR count). The van der Waals surface area contributed by atoms with Crippen molar-refractivity contribution in [3.63, 3.8) is 0 Å². The van der Waals surface area contributed by atoms with Gasteiger partial charge in [0.05, 0.1) is 21.8 Å². The summed E-state index contributed by atoms with van der Waals surface area (Å²) >= 11 is 6.91. The van der Waals surface area contributed by atoms with Gasteiger partial charge in [0.15, 0.2) is 0 Å². The van der Waals surface area contributed by atoms with Crippen LogP contribution in [0.2, 0.25) is 5.02 Å². The van der Waals surface area contributed by atoms with Gasteiger partial charge in [-0.2, -0.15) is 17.5 Å². The van der Waals surface area contributed by atoms with Crippen LogP contribution in [0.3, 0.4) is 0 Å². The number of aromatic nitrogens is 1. The van der Waals surface area contributed by atoms with Gasteiger partial charge in [0, 0.05) is 12.6 Å². The second-order valence-corrected chi connectivity index (χ2v) is 6.46. The quantitative estimate of drug-likeness (QED) is 0.563. The molecule has 1 aromatic heterocycles. The van der Waals surface area contributed by atoms with Crippen LogP contribution in [0.25, 0.3) is 0 Å². The molecule has 0 atom stereocenters. The van der Waals surface area contributed by atoms with Crippen LogP contribution < -0.4 is 16.2 Å². The number of anilines is 2. The summed E-state index contributed by atoms with van der Waals surface area (Å²) in [5, 5.41) is 13.1. The second-order valence-electron chi connectivity index (χ2n) is 5.28. The molecule has 4 N–H and O–H groups in total. The number of aromatic hydroxyl groups is 1. The van der Waals surface area contributed by atoms with Crippen molar-refractivity contribution in [2.75, 3.05) is 5.32 Å². The maximum atomic E-state index is 12.7. The van der Waals surface area contributed by atoms with Crippen molar-refractivity contribution in [2.45, 2.75) is 32.6 Å². The second kappa shape index (κ2) is 7.56. The minimum atomic E-state index is -4.46. The monoisotopic (exact) mass is 380 g/mol. The fourth-order valence-corrected chi connectivity index (χ4v) is 2.76. The zero-order chi connectivity index (χ0) is 17.9. The Hall–Kier alpha value is -1.55. The molecule has 0 radical (unpaired) electrons. The van der Waals surface area contributed by atoms with Crippen LogP contribution in [0, 0.1) is 0 Å². The number of hydrogen-bond acceptors (Lipinski definition) is 6. The van der Waals surface area contributed by atoms with Crippen molar-refractivity contribution in [3.8, 4) is 5.88 Å². The van der Waals surface area contributed by atoms with E-state index in [0.29, 0.717) is 16.3 Å². The summed E-state index contributed by atoms with van der Waals surface area (Å²) in [7, 11) is 0. The van der Waals surface area contributed by atoms with Crippen LogP contribution in [0.4, 0.5) is 23.9 Å². The van der Waals surface area contributed by atoms with E-state index >= 15 is 0 Å². The molecule has 0 spiro atoms. The maximum absolute atomic E-state index is 12.7. The van der Waals surface area contributed by atoms with E-state index in [-0.39, 0.29) is 23.5 Å². The molecule has 0 bridgehead atoms. The van der Waals surface area contributed by atoms with Crippen molar-refractivity contribution in [3.05, 3.63) is 34.3 Å². The van der Waals surface area contributed by atoms with Crippen molar-refractivity contribution in [2.24, 2.45) is 0 Å². The Balaban J connectivity index is 2.17. The normalized spacial score (nSPS) is 12.0. The van der Waals surface area contributed by atoms with Crippen LogP contribution in [0.15, 0.2) is 18.2 Å². The molecule has 0 saturated heterocycles. The third kappa shape index (κ3) is 4.73. The van der Waals surface area contributed by atoms with Crippen molar-refractivity contribution in [1.29, 1.82) is 0 Å². The number of nitrogens with zero attached hydrogens (tertiary/aromatic N) is 1. The van der Waals surface area contributed by atoms with Crippen LogP contribution in [-0.2, 0) is 12.7 Å². The number of hydrazine groups is 1. The highest BCUT2D eigenvalue weighted by molar-refractivity contribution is 7.10. The summed E-state index contributed by atoms with van der Waals surface area (Å²) in [6, 6.07) is 3.22. The molecule has 0 amide bonds. The minimum Gasteiger partial charge on any atom is -0.492 e. The van der Waals surface area contributed by atoms with E-state index in [1.807, 2.05) is 13.8 Å². The summed E-state index contributed by atoms with van der Waals surface area (Å²) in [6.07, 6.45) is -4.46. The molecule has 0 fully saturated rings. The predicted molar refractivity (Wildman–Crippen MR) is 88.6 cm³/mol. The maximum Gasteiger partial charge on any atom is 0.416 e. The van der Waals surface area contributed by atoms with E-state index in [2.05, 4.69) is 20.5 Å². The number of rotatable bonds is 6. The molecule has 1 aromatic carbocycles. The van der Waals surface area contributed by atoms with Crippen LogP contribution in [0.1, 0.15) is 25.0 Å². The van der Waals surface area contributed by atoms with E-state index < -0.39 is 11.7 Å². The average molecular weight is 381 g/mol. The SMILES string of the molecule is CC(C)NNCc1c(O)nsc1Nc1ccc(C(F)(F)F)cc1Cl. The lowest BCUT2D eigenvalue weighted by Gasteiger charge is -2.13. The first-order chi connectivity index (χ1) is 11.2. The van der Waals surface area contributed by atoms with Gasteiger partial charge in [-0.25, -0.2) is 0 Å². The van der Waals surface area contributed by atoms with E-state index in [9.17, 15) is 18.3 Å². The van der Waals surface area contributed by atoms with Crippen LogP contribution >= 0.6 is 23.1 Å². The van der Waals surface area contributed by atoms with Crippen molar-refractivity contribution < 1.29 is 18.3 Å². The van der Waals surface area contributed by atoms with Gasteiger partial charge in [0.25, 0.3) is 0 Å². The Labute approximate surface area is 146 Å². The first-order valence-corrected chi connectivity index (χ1v) is 8.13. The number of benzene rings is 1. The molecule has 2 aromatic rings. The number of halogens is 4. The Morgan fingerprint density at radius 3 is 2.62 bits per heavy atom. The van der Waals surface area contributed by atoms with Gasteiger partial charge in [-0.05, 0) is 43.6 Å². The molecule has 0 saturated carbocycles. The Kier molecular flexibility index (Phi) is 5.92. The summed E-state index contributed by atoms with van der Waals surface area (Å²) < 4.78 is 41.8. The smallest absolute Gasteiger partial charge is 0.416 e. The highest BCUT2D eigenvalue weighted by Gasteiger charge is 2.31. The predicted octanol–water partition coefficient (Wildman–Crippen LogP) is 4.27. The van der Waals surface area contributed by atoms with E-state index in [1.54, 1.807) is 0 Å². The molecule has 5 nitrogen and oxygen atoms in total. The first kappa shape index (κ1) is 18.8. The molecular weight excluding hydrogens is 365 g/mol. The third-order valence-corrected chi connectivity index (χ3v) is 4.08. The lowest BCUT2D eigenvalue weighted by atomic mass is 10.2. The van der Waals surface area contributed by atoms with Gasteiger partial charge in [-0.3, -0.25) is 10.9 Å². The molecular formula is C14H16ClF3N4OS. The largest absolute Gasteiger partial charge is 0.492 e. The average Bonchev–Trinajstić information content (AvgIpc) is 2.81. The van der Waals surface area contributed by atoms with E-state index in [1.165, 1.54) is 6.07 Å². The van der Waals surface area contributed by atoms with Gasteiger partial charge in [0.1, 0.15) is 5.00 Å². The van der Waals surface area contributed by atoms with Crippen molar-refractivity contribution in [1.82, 2.24) is 15.2 Å². The third-order valence-electron chi connectivity index (χ3n) is 2.97. The van der Waals surface area contributed by atoms with Gasteiger partial charge in [-0.1, -0.05) is 11.6 Å². The van der Waals surface area contributed by atoms with Gasteiger partial charge >= 0.3 is 6.18 Å². The molecule has 0 aliphatic carbocycles. The zero-order valence-corrected chi connectivity index (χ0v) is 14.4. The fourth-order valence-electron chi connectivity index (χ4n) is 1.82. The summed E-state index contributed by atoms with van der Waals surface area (Å²) in [4.78, 5) is 0. The lowest BCUT2D eigenvalue weighted by Crippen LogP contribution is -2.36. The van der Waals surface area contributed by atoms with E-state index in [0.717, 1.165) is 23.7 Å². The topological polar surface area (TPSA) is 69.2 Å². The molecule has 0 unspecified atom stereocenters. The number of hydrogen-bond donors (Lipinski definition) is 4. The Morgan fingerprint density at radius 2 is 2.04 bits per heavy atom. The molecule has 132 valence electrons. The Bertz CT molecular complexity index is 706. The highest BCUT2D eigenvalue weighted by atomic mass is 35.5. The summed E-state index contributed by atoms with van der Waals surface area (Å²) in [6.45, 7) is 4.17. The molecule has 10 heteroatoms. The van der Waals surface area contributed by atoms with Gasteiger partial charge < -0.3 is 10.4 Å². The molecule has 0 aliphatic rings. The molecule has 0 aliphatic heterocycles. The number of alkyl halides is 3. The van der Waals surface area contributed by atoms with Gasteiger partial charge in [-0.15, -0.1) is 0 Å². The first-order valence-electron chi connectivity index (χ1n) is 6.98. The van der Waals surface area contributed by atoms with Gasteiger partial charge in [0.2, 0.25) is 5.88 Å².